The number of urea groups is 1. The number of carbonyl (C=O) groups excluding carboxylic acids is 1. The zero-order chi connectivity index (χ0) is 23.7. The van der Waals surface area contributed by atoms with E-state index in [4.69, 9.17) is 0 Å². The smallest absolute Gasteiger partial charge is 0.307 e. The third kappa shape index (κ3) is 3.80. The highest BCUT2D eigenvalue weighted by Gasteiger charge is 2.46. The first-order valence-electron chi connectivity index (χ1n) is 10.9. The van der Waals surface area contributed by atoms with E-state index in [9.17, 15) is 13.2 Å². The van der Waals surface area contributed by atoms with Crippen LogP contribution in [0.2, 0.25) is 0 Å². The van der Waals surface area contributed by atoms with Crippen molar-refractivity contribution in [1.29, 1.82) is 0 Å². The van der Waals surface area contributed by atoms with Gasteiger partial charge in [-0.2, -0.15) is 0 Å². The molecule has 5 rings (SSSR count). The lowest BCUT2D eigenvalue weighted by Crippen LogP contribution is -2.43. The maximum absolute atomic E-state index is 14.0. The van der Waals surface area contributed by atoms with Gasteiger partial charge < -0.3 is 5.32 Å². The van der Waals surface area contributed by atoms with Gasteiger partial charge in [0.15, 0.2) is 6.17 Å². The summed E-state index contributed by atoms with van der Waals surface area (Å²) in [6.07, 6.45) is -0.895. The molecule has 1 unspecified atom stereocenters. The van der Waals surface area contributed by atoms with Gasteiger partial charge in [-0.1, -0.05) is 78.4 Å². The predicted octanol–water partition coefficient (Wildman–Crippen LogP) is 5.94. The molecule has 2 amide bonds. The van der Waals surface area contributed by atoms with Gasteiger partial charge in [0.25, 0.3) is 10.0 Å². The molecule has 34 heavy (non-hydrogen) atoms. The number of carbonyl (C=O) groups is 1. The largest absolute Gasteiger partial charge is 0.328 e. The first-order valence-corrected chi connectivity index (χ1v) is 12.3. The Morgan fingerprint density at radius 2 is 1.29 bits per heavy atom. The van der Waals surface area contributed by atoms with E-state index in [-0.39, 0.29) is 4.90 Å². The Morgan fingerprint density at radius 1 is 0.735 bits per heavy atom. The molecule has 0 spiro atoms. The molecule has 170 valence electrons. The highest BCUT2D eigenvalue weighted by molar-refractivity contribution is 7.92. The van der Waals surface area contributed by atoms with Crippen molar-refractivity contribution >= 4 is 33.1 Å². The summed E-state index contributed by atoms with van der Waals surface area (Å²) < 4.78 is 29.3. The topological polar surface area (TPSA) is 69.7 Å². The van der Waals surface area contributed by atoms with E-state index < -0.39 is 22.2 Å². The van der Waals surface area contributed by atoms with Crippen LogP contribution in [-0.2, 0) is 10.0 Å². The normalized spacial score (nSPS) is 15.1. The van der Waals surface area contributed by atoms with Crippen LogP contribution in [0.15, 0.2) is 114 Å². The molecule has 1 atom stereocenters. The van der Waals surface area contributed by atoms with Gasteiger partial charge in [-0.15, -0.1) is 0 Å². The molecule has 0 aromatic heterocycles. The van der Waals surface area contributed by atoms with Crippen LogP contribution in [0.4, 0.5) is 21.9 Å². The van der Waals surface area contributed by atoms with Gasteiger partial charge in [-0.05, 0) is 48.9 Å². The lowest BCUT2D eigenvalue weighted by molar-refractivity contribution is 0.255. The summed E-state index contributed by atoms with van der Waals surface area (Å²) >= 11 is 0. The van der Waals surface area contributed by atoms with Crippen LogP contribution in [0.3, 0.4) is 0 Å². The lowest BCUT2D eigenvalue weighted by Gasteiger charge is -2.31. The highest BCUT2D eigenvalue weighted by Crippen LogP contribution is 2.49. The molecule has 0 fully saturated rings. The molecule has 1 aliphatic rings. The van der Waals surface area contributed by atoms with Crippen molar-refractivity contribution < 1.29 is 13.2 Å². The number of sulfonamides is 1. The molecule has 1 aliphatic heterocycles. The summed E-state index contributed by atoms with van der Waals surface area (Å²) in [5, 5.41) is 2.91. The number of benzene rings is 4. The van der Waals surface area contributed by atoms with Crippen molar-refractivity contribution in [1.82, 2.24) is 0 Å². The molecule has 4 aromatic rings. The maximum atomic E-state index is 14.0. The van der Waals surface area contributed by atoms with E-state index in [2.05, 4.69) is 5.32 Å². The molecule has 0 aliphatic carbocycles. The fraction of sp³-hybridized carbons (Fsp3) is 0.0741. The first-order chi connectivity index (χ1) is 16.5. The average Bonchev–Trinajstić information content (AvgIpc) is 3.22. The van der Waals surface area contributed by atoms with Crippen LogP contribution in [-0.4, -0.2) is 14.4 Å². The van der Waals surface area contributed by atoms with E-state index in [1.165, 1.54) is 9.21 Å². The van der Waals surface area contributed by atoms with Crippen LogP contribution in [0, 0.1) is 6.92 Å². The third-order valence-corrected chi connectivity index (χ3v) is 7.55. The Kier molecular flexibility index (Phi) is 5.55. The molecular formula is C27H23N3O3S. The molecule has 4 aromatic carbocycles. The van der Waals surface area contributed by atoms with Crippen molar-refractivity contribution in [2.24, 2.45) is 0 Å². The van der Waals surface area contributed by atoms with Crippen LogP contribution in [0.1, 0.15) is 17.3 Å². The Hall–Kier alpha value is -4.10. The zero-order valence-corrected chi connectivity index (χ0v) is 19.3. The quantitative estimate of drug-likeness (QED) is 0.402. The molecule has 1 N–H and O–H groups in total. The fourth-order valence-electron chi connectivity index (χ4n) is 4.14. The standard InChI is InChI=1S/C27H23N3O3S/c1-20-16-18-23(19-17-20)34(32,33)30-25-15-9-8-14-24(25)29(26(30)21-10-4-2-5-11-21)27(31)28-22-12-6-3-7-13-22/h2-19,26H,1H3,(H,28,31). The van der Waals surface area contributed by atoms with E-state index in [0.717, 1.165) is 5.56 Å². The number of anilines is 3. The second-order valence-corrected chi connectivity index (χ2v) is 9.87. The molecule has 1 heterocycles. The van der Waals surface area contributed by atoms with Gasteiger partial charge in [0.2, 0.25) is 0 Å². The number of nitrogens with zero attached hydrogens (tertiary/aromatic N) is 2. The van der Waals surface area contributed by atoms with Gasteiger partial charge in [-0.25, -0.2) is 17.5 Å². The third-order valence-electron chi connectivity index (χ3n) is 5.76. The highest BCUT2D eigenvalue weighted by atomic mass is 32.2. The predicted molar refractivity (Wildman–Crippen MR) is 134 cm³/mol. The zero-order valence-electron chi connectivity index (χ0n) is 18.5. The Bertz CT molecular complexity index is 1420. The summed E-state index contributed by atoms with van der Waals surface area (Å²) in [6, 6.07) is 31.7. The summed E-state index contributed by atoms with van der Waals surface area (Å²) in [5.74, 6) is 0. The maximum Gasteiger partial charge on any atom is 0.328 e. The van der Waals surface area contributed by atoms with Crippen molar-refractivity contribution in [2.45, 2.75) is 18.0 Å². The second-order valence-electron chi connectivity index (χ2n) is 8.05. The SMILES string of the molecule is Cc1ccc(S(=O)(=O)N2c3ccccc3N(C(=O)Nc3ccccc3)C2c2ccccc2)cc1. The minimum Gasteiger partial charge on any atom is -0.307 e. The summed E-state index contributed by atoms with van der Waals surface area (Å²) in [4.78, 5) is 15.3. The van der Waals surface area contributed by atoms with E-state index in [0.29, 0.717) is 22.6 Å². The molecule has 0 radical (unpaired) electrons. The van der Waals surface area contributed by atoms with Crippen LogP contribution >= 0.6 is 0 Å². The van der Waals surface area contributed by atoms with E-state index >= 15 is 0 Å². The number of para-hydroxylation sites is 3. The number of rotatable bonds is 4. The van der Waals surface area contributed by atoms with E-state index in [1.807, 2.05) is 55.5 Å². The minimum atomic E-state index is -3.99. The molecule has 0 bridgehead atoms. The summed E-state index contributed by atoms with van der Waals surface area (Å²) in [7, 11) is -3.99. The molecule has 0 saturated carbocycles. The van der Waals surface area contributed by atoms with Gasteiger partial charge in [-0.3, -0.25) is 4.90 Å². The van der Waals surface area contributed by atoms with Gasteiger partial charge >= 0.3 is 6.03 Å². The van der Waals surface area contributed by atoms with Gasteiger partial charge in [0.1, 0.15) is 0 Å². The van der Waals surface area contributed by atoms with Gasteiger partial charge in [0, 0.05) is 5.69 Å². The Labute approximate surface area is 199 Å². The van der Waals surface area contributed by atoms with Crippen molar-refractivity contribution in [3.63, 3.8) is 0 Å². The van der Waals surface area contributed by atoms with Crippen molar-refractivity contribution in [3.8, 4) is 0 Å². The summed E-state index contributed by atoms with van der Waals surface area (Å²) in [6.45, 7) is 1.91. The lowest BCUT2D eigenvalue weighted by atomic mass is 10.1. The number of fused-ring (bicyclic) bond motifs is 1. The number of nitrogens with one attached hydrogen (secondary N) is 1. The van der Waals surface area contributed by atoms with Crippen molar-refractivity contribution in [2.75, 3.05) is 14.5 Å². The van der Waals surface area contributed by atoms with Gasteiger partial charge in [0.05, 0.1) is 16.3 Å². The van der Waals surface area contributed by atoms with Crippen LogP contribution in [0.25, 0.3) is 0 Å². The average molecular weight is 470 g/mol. The molecule has 6 nitrogen and oxygen atoms in total. The van der Waals surface area contributed by atoms with Crippen LogP contribution in [0.5, 0.6) is 0 Å². The van der Waals surface area contributed by atoms with Crippen molar-refractivity contribution in [3.05, 3.63) is 120 Å². The summed E-state index contributed by atoms with van der Waals surface area (Å²) in [5.41, 5.74) is 3.22. The number of hydrogen-bond acceptors (Lipinski definition) is 3. The monoisotopic (exact) mass is 469 g/mol. The van der Waals surface area contributed by atoms with Crippen LogP contribution < -0.4 is 14.5 Å². The number of hydrogen-bond donors (Lipinski definition) is 1. The first kappa shape index (κ1) is 21.7. The number of aryl methyl sites for hydroxylation is 1. The second kappa shape index (κ2) is 8.68. The fourth-order valence-corrected chi connectivity index (χ4v) is 5.74. The minimum absolute atomic E-state index is 0.166. The molecule has 0 saturated heterocycles. The number of amides is 2. The molecule has 7 heteroatoms. The Balaban J connectivity index is 1.67. The Morgan fingerprint density at radius 3 is 1.94 bits per heavy atom. The molecular weight excluding hydrogens is 446 g/mol. The van der Waals surface area contributed by atoms with E-state index in [1.54, 1.807) is 60.7 Å².